The number of aromatic nitrogens is 2. The lowest BCUT2D eigenvalue weighted by Crippen LogP contribution is -2.35. The molecule has 1 aliphatic heterocycles. The smallest absolute Gasteiger partial charge is 0.272 e. The summed E-state index contributed by atoms with van der Waals surface area (Å²) in [4.78, 5) is 16.7. The number of para-hydroxylation sites is 2. The SMILES string of the molecule is Cc1nc2ccccc2n(CC2CCCNC2)c1=O. The zero-order valence-electron chi connectivity index (χ0n) is 11.2. The third-order valence-corrected chi connectivity index (χ3v) is 3.86. The molecule has 1 unspecified atom stereocenters. The number of hydrogen-bond donors (Lipinski definition) is 1. The normalized spacial score (nSPS) is 19.7. The van der Waals surface area contributed by atoms with Crippen molar-refractivity contribution in [3.63, 3.8) is 0 Å². The molecule has 2 heterocycles. The minimum Gasteiger partial charge on any atom is -0.316 e. The van der Waals surface area contributed by atoms with Gasteiger partial charge in [-0.3, -0.25) is 4.79 Å². The Morgan fingerprint density at radius 1 is 1.42 bits per heavy atom. The van der Waals surface area contributed by atoms with Crippen LogP contribution in [0.3, 0.4) is 0 Å². The fourth-order valence-electron chi connectivity index (χ4n) is 2.84. The third kappa shape index (κ3) is 2.40. The Bertz CT molecular complexity index is 641. The summed E-state index contributed by atoms with van der Waals surface area (Å²) in [6.07, 6.45) is 2.39. The highest BCUT2D eigenvalue weighted by Crippen LogP contribution is 2.15. The highest BCUT2D eigenvalue weighted by Gasteiger charge is 2.16. The van der Waals surface area contributed by atoms with Crippen LogP contribution in [0.15, 0.2) is 29.1 Å². The van der Waals surface area contributed by atoms with E-state index in [1.165, 1.54) is 12.8 Å². The van der Waals surface area contributed by atoms with E-state index in [4.69, 9.17) is 0 Å². The molecule has 1 aromatic carbocycles. The summed E-state index contributed by atoms with van der Waals surface area (Å²) in [6.45, 7) is 4.68. The summed E-state index contributed by atoms with van der Waals surface area (Å²) >= 11 is 0. The van der Waals surface area contributed by atoms with Gasteiger partial charge in [0.2, 0.25) is 0 Å². The van der Waals surface area contributed by atoms with Crippen LogP contribution in [0, 0.1) is 12.8 Å². The van der Waals surface area contributed by atoms with E-state index in [0.29, 0.717) is 11.6 Å². The largest absolute Gasteiger partial charge is 0.316 e. The van der Waals surface area contributed by atoms with Gasteiger partial charge in [0, 0.05) is 6.54 Å². The highest BCUT2D eigenvalue weighted by molar-refractivity contribution is 5.74. The first-order chi connectivity index (χ1) is 9.25. The first kappa shape index (κ1) is 12.4. The van der Waals surface area contributed by atoms with Crippen molar-refractivity contribution in [2.45, 2.75) is 26.3 Å². The molecule has 1 aliphatic rings. The Morgan fingerprint density at radius 3 is 3.05 bits per heavy atom. The van der Waals surface area contributed by atoms with Crippen LogP contribution >= 0.6 is 0 Å². The molecule has 0 aliphatic carbocycles. The van der Waals surface area contributed by atoms with Gasteiger partial charge in [-0.2, -0.15) is 0 Å². The van der Waals surface area contributed by atoms with Gasteiger partial charge in [-0.15, -0.1) is 0 Å². The minimum atomic E-state index is 0.0456. The summed E-state index contributed by atoms with van der Waals surface area (Å²) in [5, 5.41) is 3.41. The molecular formula is C15H19N3O. The maximum atomic E-state index is 12.3. The molecule has 2 aromatic rings. The molecule has 0 bridgehead atoms. The van der Waals surface area contributed by atoms with Crippen LogP contribution in [-0.4, -0.2) is 22.6 Å². The van der Waals surface area contributed by atoms with Crippen molar-refractivity contribution in [3.8, 4) is 0 Å². The van der Waals surface area contributed by atoms with E-state index in [1.807, 2.05) is 28.8 Å². The second-order valence-electron chi connectivity index (χ2n) is 5.31. The Hall–Kier alpha value is -1.68. The van der Waals surface area contributed by atoms with E-state index < -0.39 is 0 Å². The summed E-state index contributed by atoms with van der Waals surface area (Å²) in [7, 11) is 0. The maximum Gasteiger partial charge on any atom is 0.272 e. The van der Waals surface area contributed by atoms with Gasteiger partial charge in [-0.25, -0.2) is 4.98 Å². The zero-order chi connectivity index (χ0) is 13.2. The molecule has 1 aromatic heterocycles. The average molecular weight is 257 g/mol. The van der Waals surface area contributed by atoms with E-state index in [9.17, 15) is 4.79 Å². The molecule has 1 N–H and O–H groups in total. The van der Waals surface area contributed by atoms with Crippen LogP contribution in [0.25, 0.3) is 11.0 Å². The zero-order valence-corrected chi connectivity index (χ0v) is 11.2. The number of nitrogens with zero attached hydrogens (tertiary/aromatic N) is 2. The fourth-order valence-corrected chi connectivity index (χ4v) is 2.84. The summed E-state index contributed by atoms with van der Waals surface area (Å²) < 4.78 is 1.90. The van der Waals surface area contributed by atoms with Gasteiger partial charge >= 0.3 is 0 Å². The van der Waals surface area contributed by atoms with E-state index >= 15 is 0 Å². The Morgan fingerprint density at radius 2 is 2.26 bits per heavy atom. The van der Waals surface area contributed by atoms with E-state index in [2.05, 4.69) is 10.3 Å². The third-order valence-electron chi connectivity index (χ3n) is 3.86. The topological polar surface area (TPSA) is 46.9 Å². The molecular weight excluding hydrogens is 238 g/mol. The molecule has 1 atom stereocenters. The van der Waals surface area contributed by atoms with E-state index in [0.717, 1.165) is 30.7 Å². The van der Waals surface area contributed by atoms with Crippen molar-refractivity contribution in [1.29, 1.82) is 0 Å². The van der Waals surface area contributed by atoms with Crippen molar-refractivity contribution in [3.05, 3.63) is 40.3 Å². The number of hydrogen-bond acceptors (Lipinski definition) is 3. The van der Waals surface area contributed by atoms with Crippen molar-refractivity contribution in [2.75, 3.05) is 13.1 Å². The number of piperidine rings is 1. The monoisotopic (exact) mass is 257 g/mol. The van der Waals surface area contributed by atoms with Gasteiger partial charge in [-0.1, -0.05) is 12.1 Å². The van der Waals surface area contributed by atoms with Gasteiger partial charge < -0.3 is 9.88 Å². The number of aryl methyl sites for hydroxylation is 1. The van der Waals surface area contributed by atoms with Crippen LogP contribution in [0.1, 0.15) is 18.5 Å². The molecule has 3 rings (SSSR count). The maximum absolute atomic E-state index is 12.3. The number of benzene rings is 1. The van der Waals surface area contributed by atoms with Gasteiger partial charge in [0.25, 0.3) is 5.56 Å². The number of fused-ring (bicyclic) bond motifs is 1. The molecule has 100 valence electrons. The molecule has 4 heteroatoms. The number of rotatable bonds is 2. The van der Waals surface area contributed by atoms with Crippen LogP contribution in [0.2, 0.25) is 0 Å². The molecule has 0 saturated carbocycles. The van der Waals surface area contributed by atoms with Crippen LogP contribution in [-0.2, 0) is 6.54 Å². The molecule has 0 spiro atoms. The van der Waals surface area contributed by atoms with Crippen LogP contribution < -0.4 is 10.9 Å². The minimum absolute atomic E-state index is 0.0456. The molecule has 0 radical (unpaired) electrons. The predicted molar refractivity (Wildman–Crippen MR) is 76.3 cm³/mol. The van der Waals surface area contributed by atoms with Crippen molar-refractivity contribution >= 4 is 11.0 Å². The van der Waals surface area contributed by atoms with Crippen LogP contribution in [0.4, 0.5) is 0 Å². The molecule has 19 heavy (non-hydrogen) atoms. The molecule has 4 nitrogen and oxygen atoms in total. The Kier molecular flexibility index (Phi) is 3.34. The first-order valence-corrected chi connectivity index (χ1v) is 6.92. The summed E-state index contributed by atoms with van der Waals surface area (Å²) in [5.41, 5.74) is 2.48. The lowest BCUT2D eigenvalue weighted by Gasteiger charge is -2.24. The molecule has 1 saturated heterocycles. The molecule has 0 amide bonds. The van der Waals surface area contributed by atoms with E-state index in [-0.39, 0.29) is 5.56 Å². The van der Waals surface area contributed by atoms with Crippen molar-refractivity contribution < 1.29 is 0 Å². The van der Waals surface area contributed by atoms with Crippen molar-refractivity contribution in [2.24, 2.45) is 5.92 Å². The molecule has 1 fully saturated rings. The number of nitrogens with one attached hydrogen (secondary N) is 1. The predicted octanol–water partition coefficient (Wildman–Crippen LogP) is 1.70. The standard InChI is InChI=1S/C15H19N3O/c1-11-15(19)18(10-12-5-4-8-16-9-12)14-7-3-2-6-13(14)17-11/h2-3,6-7,12,16H,4-5,8-10H2,1H3. The van der Waals surface area contributed by atoms with Crippen molar-refractivity contribution in [1.82, 2.24) is 14.9 Å². The highest BCUT2D eigenvalue weighted by atomic mass is 16.1. The summed E-state index contributed by atoms with van der Waals surface area (Å²) in [6, 6.07) is 7.89. The van der Waals surface area contributed by atoms with Gasteiger partial charge in [0.1, 0.15) is 5.69 Å². The lowest BCUT2D eigenvalue weighted by molar-refractivity contribution is 0.337. The second-order valence-corrected chi connectivity index (χ2v) is 5.31. The lowest BCUT2D eigenvalue weighted by atomic mass is 9.99. The summed E-state index contributed by atoms with van der Waals surface area (Å²) in [5.74, 6) is 0.539. The van der Waals surface area contributed by atoms with Gasteiger partial charge in [0.05, 0.1) is 11.0 Å². The van der Waals surface area contributed by atoms with Gasteiger partial charge in [-0.05, 0) is 50.9 Å². The quantitative estimate of drug-likeness (QED) is 0.891. The Balaban J connectivity index is 2.05. The van der Waals surface area contributed by atoms with E-state index in [1.54, 1.807) is 6.92 Å². The second kappa shape index (κ2) is 5.13. The van der Waals surface area contributed by atoms with Crippen LogP contribution in [0.5, 0.6) is 0 Å². The fraction of sp³-hybridized carbons (Fsp3) is 0.467. The Labute approximate surface area is 112 Å². The average Bonchev–Trinajstić information content (AvgIpc) is 2.45. The first-order valence-electron chi connectivity index (χ1n) is 6.92. The van der Waals surface area contributed by atoms with Gasteiger partial charge in [0.15, 0.2) is 0 Å².